The number of carboxylic acids is 1. The Morgan fingerprint density at radius 3 is 2.12 bits per heavy atom. The van der Waals surface area contributed by atoms with Crippen LogP contribution in [0.25, 0.3) is 0 Å². The second kappa shape index (κ2) is 6.41. The highest BCUT2D eigenvalue weighted by Crippen LogP contribution is 1.99. The molecule has 0 aromatic heterocycles. The Labute approximate surface area is 100 Å². The van der Waals surface area contributed by atoms with E-state index in [9.17, 15) is 9.59 Å². The van der Waals surface area contributed by atoms with Crippen molar-refractivity contribution in [3.05, 3.63) is 0 Å². The molecule has 1 fully saturated rings. The molecule has 0 bridgehead atoms. The molecular weight excluding hydrogens is 226 g/mol. The van der Waals surface area contributed by atoms with E-state index in [1.54, 1.807) is 4.90 Å². The van der Waals surface area contributed by atoms with Crippen molar-refractivity contribution in [3.8, 4) is 0 Å². The van der Waals surface area contributed by atoms with Crippen LogP contribution < -0.4 is 0 Å². The zero-order chi connectivity index (χ0) is 12.8. The summed E-state index contributed by atoms with van der Waals surface area (Å²) in [6.07, 6.45) is -0.949. The first-order valence-electron chi connectivity index (χ1n) is 5.59. The molecule has 0 aromatic carbocycles. The first kappa shape index (κ1) is 13.7. The van der Waals surface area contributed by atoms with Gasteiger partial charge in [0.15, 0.2) is 0 Å². The smallest absolute Gasteiger partial charge is 0.407 e. The van der Waals surface area contributed by atoms with Crippen molar-refractivity contribution in [1.82, 2.24) is 14.7 Å². The largest absolute Gasteiger partial charge is 0.480 e. The van der Waals surface area contributed by atoms with E-state index in [1.165, 1.54) is 4.90 Å². The monoisotopic (exact) mass is 245 g/mol. The zero-order valence-corrected chi connectivity index (χ0v) is 10.0. The normalized spacial score (nSPS) is 20.4. The van der Waals surface area contributed by atoms with Crippen molar-refractivity contribution in [2.45, 2.75) is 0 Å². The summed E-state index contributed by atoms with van der Waals surface area (Å²) in [5.74, 6) is -0.881. The Kier molecular flexibility index (Phi) is 5.17. The number of carboxylic acid groups (broad SMARTS) is 2. The molecule has 7 heteroatoms. The van der Waals surface area contributed by atoms with Gasteiger partial charge in [-0.15, -0.1) is 0 Å². The highest BCUT2D eigenvalue weighted by molar-refractivity contribution is 5.69. The van der Waals surface area contributed by atoms with Crippen molar-refractivity contribution in [3.63, 3.8) is 0 Å². The van der Waals surface area contributed by atoms with Crippen LogP contribution in [0.15, 0.2) is 0 Å². The minimum atomic E-state index is -0.949. The van der Waals surface area contributed by atoms with Crippen molar-refractivity contribution >= 4 is 12.1 Å². The Balaban J connectivity index is 2.59. The molecular formula is C10H19N3O4. The van der Waals surface area contributed by atoms with Crippen LogP contribution in [0, 0.1) is 0 Å². The Hall–Kier alpha value is -1.34. The maximum atomic E-state index is 10.9. The summed E-state index contributed by atoms with van der Waals surface area (Å²) in [5.41, 5.74) is 0. The number of likely N-dealkylation sites (N-methyl/N-ethyl adjacent to an activating group) is 1. The van der Waals surface area contributed by atoms with Crippen molar-refractivity contribution in [2.24, 2.45) is 0 Å². The van der Waals surface area contributed by atoms with Gasteiger partial charge in [-0.2, -0.15) is 0 Å². The summed E-state index contributed by atoms with van der Waals surface area (Å²) in [6.45, 7) is 3.32. The summed E-state index contributed by atoms with van der Waals surface area (Å²) in [7, 11) is 1.91. The highest BCUT2D eigenvalue weighted by atomic mass is 16.4. The molecule has 1 amide bonds. The predicted molar refractivity (Wildman–Crippen MR) is 61.2 cm³/mol. The minimum absolute atomic E-state index is 0.0404. The van der Waals surface area contributed by atoms with Gasteiger partial charge in [0, 0.05) is 39.3 Å². The third kappa shape index (κ3) is 5.01. The number of nitrogens with zero attached hydrogens (tertiary/aromatic N) is 3. The fourth-order valence-electron chi connectivity index (χ4n) is 1.74. The number of hydrogen-bond acceptors (Lipinski definition) is 4. The number of rotatable bonds is 2. The predicted octanol–water partition coefficient (Wildman–Crippen LogP) is -0.702. The van der Waals surface area contributed by atoms with Gasteiger partial charge >= 0.3 is 12.1 Å². The van der Waals surface area contributed by atoms with Crippen molar-refractivity contribution in [2.75, 3.05) is 52.9 Å². The number of amides is 1. The molecule has 1 heterocycles. The van der Waals surface area contributed by atoms with Crippen LogP contribution >= 0.6 is 0 Å². The highest BCUT2D eigenvalue weighted by Gasteiger charge is 2.18. The number of hydrogen-bond donors (Lipinski definition) is 2. The molecule has 1 saturated heterocycles. The Morgan fingerprint density at radius 2 is 1.53 bits per heavy atom. The average molecular weight is 245 g/mol. The number of aliphatic carboxylic acids is 1. The van der Waals surface area contributed by atoms with Crippen LogP contribution in [-0.4, -0.2) is 89.8 Å². The van der Waals surface area contributed by atoms with Crippen LogP contribution in [0.2, 0.25) is 0 Å². The van der Waals surface area contributed by atoms with E-state index < -0.39 is 12.1 Å². The third-order valence-electron chi connectivity index (χ3n) is 2.87. The average Bonchev–Trinajstić information content (AvgIpc) is 2.30. The van der Waals surface area contributed by atoms with Gasteiger partial charge in [-0.3, -0.25) is 9.69 Å². The first-order chi connectivity index (χ1) is 7.99. The van der Waals surface area contributed by atoms with E-state index in [-0.39, 0.29) is 6.54 Å². The summed E-state index contributed by atoms with van der Waals surface area (Å²) in [5, 5.41) is 17.7. The van der Waals surface area contributed by atoms with E-state index in [2.05, 4.69) is 0 Å². The molecule has 0 saturated carbocycles. The van der Waals surface area contributed by atoms with Gasteiger partial charge in [0.25, 0.3) is 0 Å². The molecule has 0 aromatic rings. The van der Waals surface area contributed by atoms with E-state index in [0.717, 1.165) is 6.54 Å². The van der Waals surface area contributed by atoms with Crippen molar-refractivity contribution in [1.29, 1.82) is 0 Å². The van der Waals surface area contributed by atoms with Gasteiger partial charge in [-0.1, -0.05) is 0 Å². The van der Waals surface area contributed by atoms with Crippen molar-refractivity contribution < 1.29 is 19.8 Å². The summed E-state index contributed by atoms with van der Waals surface area (Å²) < 4.78 is 0. The van der Waals surface area contributed by atoms with Gasteiger partial charge in [0.1, 0.15) is 0 Å². The maximum absolute atomic E-state index is 10.9. The lowest BCUT2D eigenvalue weighted by atomic mass is 10.4. The van der Waals surface area contributed by atoms with Gasteiger partial charge in [-0.05, 0) is 7.05 Å². The van der Waals surface area contributed by atoms with Crippen LogP contribution in [0.4, 0.5) is 4.79 Å². The number of carbonyl (C=O) groups is 2. The summed E-state index contributed by atoms with van der Waals surface area (Å²) in [4.78, 5) is 26.7. The molecule has 1 rings (SSSR count). The van der Waals surface area contributed by atoms with Crippen LogP contribution in [-0.2, 0) is 4.79 Å². The van der Waals surface area contributed by atoms with Crippen LogP contribution in [0.3, 0.4) is 0 Å². The molecule has 0 radical (unpaired) electrons. The van der Waals surface area contributed by atoms with Gasteiger partial charge < -0.3 is 20.0 Å². The SMILES string of the molecule is CN1CCN(CC(=O)O)CCN(C(=O)O)CC1. The third-order valence-corrected chi connectivity index (χ3v) is 2.87. The maximum Gasteiger partial charge on any atom is 0.407 e. The lowest BCUT2D eigenvalue weighted by Gasteiger charge is -2.22. The quantitative estimate of drug-likeness (QED) is 0.669. The molecule has 0 aliphatic carbocycles. The topological polar surface area (TPSA) is 84.3 Å². The van der Waals surface area contributed by atoms with E-state index >= 15 is 0 Å². The molecule has 7 nitrogen and oxygen atoms in total. The fourth-order valence-corrected chi connectivity index (χ4v) is 1.74. The molecule has 2 N–H and O–H groups in total. The van der Waals surface area contributed by atoms with Crippen LogP contribution in [0.5, 0.6) is 0 Å². The standard InChI is InChI=1S/C10H19N3O4/c1-11-2-4-12(8-9(14)15)5-7-13(6-3-11)10(16)17/h2-8H2,1H3,(H,14,15)(H,16,17). The molecule has 1 aliphatic heterocycles. The molecule has 0 spiro atoms. The summed E-state index contributed by atoms with van der Waals surface area (Å²) >= 11 is 0. The molecule has 0 atom stereocenters. The van der Waals surface area contributed by atoms with Gasteiger partial charge in [-0.25, -0.2) is 4.79 Å². The van der Waals surface area contributed by atoms with E-state index in [4.69, 9.17) is 10.2 Å². The second-order valence-electron chi connectivity index (χ2n) is 4.24. The second-order valence-corrected chi connectivity index (χ2v) is 4.24. The minimum Gasteiger partial charge on any atom is -0.480 e. The zero-order valence-electron chi connectivity index (χ0n) is 10.0. The Bertz CT molecular complexity index is 285. The lowest BCUT2D eigenvalue weighted by Crippen LogP contribution is -2.40. The molecule has 0 unspecified atom stereocenters. The Morgan fingerprint density at radius 1 is 1.00 bits per heavy atom. The summed E-state index contributed by atoms with van der Waals surface area (Å²) in [6, 6.07) is 0. The van der Waals surface area contributed by atoms with Crippen LogP contribution in [0.1, 0.15) is 0 Å². The molecule has 17 heavy (non-hydrogen) atoms. The van der Waals surface area contributed by atoms with E-state index in [0.29, 0.717) is 32.7 Å². The lowest BCUT2D eigenvalue weighted by molar-refractivity contribution is -0.138. The fraction of sp³-hybridized carbons (Fsp3) is 0.800. The molecule has 1 aliphatic rings. The van der Waals surface area contributed by atoms with Gasteiger partial charge in [0.2, 0.25) is 0 Å². The molecule has 98 valence electrons. The first-order valence-corrected chi connectivity index (χ1v) is 5.59. The van der Waals surface area contributed by atoms with E-state index in [1.807, 2.05) is 11.9 Å². The van der Waals surface area contributed by atoms with Gasteiger partial charge in [0.05, 0.1) is 6.54 Å².